The Balaban J connectivity index is 1.69. The first-order chi connectivity index (χ1) is 20.0. The van der Waals surface area contributed by atoms with Crippen molar-refractivity contribution >= 4 is 28.5 Å². The van der Waals surface area contributed by atoms with Crippen LogP contribution in [0.2, 0.25) is 0 Å². The van der Waals surface area contributed by atoms with Crippen LogP contribution in [0.15, 0.2) is 70.7 Å². The molecule has 1 aliphatic heterocycles. The quantitative estimate of drug-likeness (QED) is 0.320. The Morgan fingerprint density at radius 2 is 1.95 bits per heavy atom. The molecule has 10 heteroatoms. The minimum absolute atomic E-state index is 0.0454. The van der Waals surface area contributed by atoms with Gasteiger partial charge >= 0.3 is 0 Å². The molecule has 9 nitrogen and oxygen atoms in total. The fourth-order valence-electron chi connectivity index (χ4n) is 5.04. The Kier molecular flexibility index (Phi) is 8.20. The van der Waals surface area contributed by atoms with E-state index >= 15 is 0 Å². The molecule has 5 rings (SSSR count). The summed E-state index contributed by atoms with van der Waals surface area (Å²) in [5.41, 5.74) is 9.54. The van der Waals surface area contributed by atoms with E-state index in [2.05, 4.69) is 9.89 Å². The molecule has 0 bridgehead atoms. The Morgan fingerprint density at radius 1 is 1.19 bits per heavy atom. The fraction of sp³-hybridized carbons (Fsp3) is 0.312. The lowest BCUT2D eigenvalue weighted by Crippen LogP contribution is -2.40. The zero-order valence-corrected chi connectivity index (χ0v) is 24.2. The van der Waals surface area contributed by atoms with Crippen LogP contribution in [0.4, 0.5) is 10.2 Å². The average Bonchev–Trinajstić information content (AvgIpc) is 2.97. The molecule has 2 aromatic carbocycles. The first-order valence-electron chi connectivity index (χ1n) is 13.8. The van der Waals surface area contributed by atoms with E-state index < -0.39 is 5.60 Å². The molecule has 42 heavy (non-hydrogen) atoms. The van der Waals surface area contributed by atoms with E-state index in [0.717, 1.165) is 22.1 Å². The number of hydrogen-bond donors (Lipinski definition) is 2. The van der Waals surface area contributed by atoms with Crippen molar-refractivity contribution in [3.63, 3.8) is 0 Å². The Labute approximate surface area is 243 Å². The molecule has 3 N–H and O–H groups in total. The summed E-state index contributed by atoms with van der Waals surface area (Å²) in [6.45, 7) is 6.78. The highest BCUT2D eigenvalue weighted by atomic mass is 19.1. The SMILES string of the molecule is Cc1cc(-c2ccc3nc(C(C=NCC(C)(C)O)=CN)nc(N4CCOCC4c4ccc(F)cc4)c3c2)cn(C)c1=O. The van der Waals surface area contributed by atoms with E-state index in [1.54, 1.807) is 50.7 Å². The smallest absolute Gasteiger partial charge is 0.253 e. The van der Waals surface area contributed by atoms with E-state index in [0.29, 0.717) is 48.1 Å². The third-order valence-corrected chi connectivity index (χ3v) is 7.17. The maximum absolute atomic E-state index is 13.8. The number of morpholine rings is 1. The molecule has 4 aromatic rings. The van der Waals surface area contributed by atoms with Crippen LogP contribution in [0.1, 0.15) is 36.8 Å². The zero-order chi connectivity index (χ0) is 30.0. The summed E-state index contributed by atoms with van der Waals surface area (Å²) in [7, 11) is 1.74. The van der Waals surface area contributed by atoms with Crippen molar-refractivity contribution in [2.24, 2.45) is 17.8 Å². The lowest BCUT2D eigenvalue weighted by atomic mass is 10.0. The number of nitrogens with two attached hydrogens (primary N) is 1. The third kappa shape index (κ3) is 6.24. The monoisotopic (exact) mass is 570 g/mol. The molecule has 2 aromatic heterocycles. The molecule has 1 atom stereocenters. The van der Waals surface area contributed by atoms with Crippen molar-refractivity contribution in [2.45, 2.75) is 32.4 Å². The van der Waals surface area contributed by atoms with Gasteiger partial charge in [0.2, 0.25) is 0 Å². The standard InChI is InChI=1S/C32H35FN6O3/c1-20-13-23(17-38(4)31(20)40)22-7-10-27-26(14-22)30(37-29(36-27)24(15-34)16-35-19-32(2,3)41)39-11-12-42-18-28(39)21-5-8-25(33)9-6-21/h5-10,13-17,28,41H,11-12,18-19,34H2,1-4H3. The van der Waals surface area contributed by atoms with Crippen LogP contribution in [-0.2, 0) is 11.8 Å². The Hall–Kier alpha value is -4.41. The van der Waals surface area contributed by atoms with Gasteiger partial charge in [0.1, 0.15) is 11.6 Å². The maximum atomic E-state index is 13.8. The van der Waals surface area contributed by atoms with E-state index in [-0.39, 0.29) is 24.0 Å². The minimum Gasteiger partial charge on any atom is -0.404 e. The van der Waals surface area contributed by atoms with Crippen LogP contribution in [0.5, 0.6) is 0 Å². The zero-order valence-electron chi connectivity index (χ0n) is 24.2. The van der Waals surface area contributed by atoms with Crippen molar-refractivity contribution in [3.8, 4) is 11.1 Å². The van der Waals surface area contributed by atoms with Gasteiger partial charge in [-0.25, -0.2) is 14.4 Å². The van der Waals surface area contributed by atoms with Gasteiger partial charge in [-0.1, -0.05) is 18.2 Å². The summed E-state index contributed by atoms with van der Waals surface area (Å²) in [5.74, 6) is 0.748. The van der Waals surface area contributed by atoms with E-state index in [1.807, 2.05) is 30.5 Å². The average molecular weight is 571 g/mol. The number of pyridine rings is 1. The number of hydrogen-bond acceptors (Lipinski definition) is 8. The molecule has 1 saturated heterocycles. The summed E-state index contributed by atoms with van der Waals surface area (Å²) in [4.78, 5) is 28.7. The van der Waals surface area contributed by atoms with Crippen molar-refractivity contribution < 1.29 is 14.2 Å². The molecule has 0 saturated carbocycles. The molecule has 3 heterocycles. The summed E-state index contributed by atoms with van der Waals surface area (Å²) in [5, 5.41) is 10.9. The molecule has 1 unspecified atom stereocenters. The number of anilines is 1. The molecule has 0 spiro atoms. The van der Waals surface area contributed by atoms with Crippen molar-refractivity contribution in [2.75, 3.05) is 31.2 Å². The highest BCUT2D eigenvalue weighted by Gasteiger charge is 2.28. The third-order valence-electron chi connectivity index (χ3n) is 7.17. The van der Waals surface area contributed by atoms with Gasteiger partial charge in [0.15, 0.2) is 5.82 Å². The minimum atomic E-state index is -0.975. The number of ether oxygens (including phenoxy) is 1. The van der Waals surface area contributed by atoms with Crippen LogP contribution in [0.3, 0.4) is 0 Å². The summed E-state index contributed by atoms with van der Waals surface area (Å²) in [6, 6.07) is 14.0. The number of halogens is 1. The number of allylic oxidation sites excluding steroid dienone is 1. The fourth-order valence-corrected chi connectivity index (χ4v) is 5.04. The second-order valence-corrected chi connectivity index (χ2v) is 11.2. The van der Waals surface area contributed by atoms with Crippen molar-refractivity contribution in [1.82, 2.24) is 14.5 Å². The lowest BCUT2D eigenvalue weighted by molar-refractivity contribution is 0.0906. The number of benzene rings is 2. The van der Waals surface area contributed by atoms with Crippen LogP contribution in [0.25, 0.3) is 27.6 Å². The van der Waals surface area contributed by atoms with Gasteiger partial charge in [-0.15, -0.1) is 0 Å². The second kappa shape index (κ2) is 11.8. The number of nitrogens with zero attached hydrogens (tertiary/aromatic N) is 5. The van der Waals surface area contributed by atoms with Gasteiger partial charge in [-0.05, 0) is 67.8 Å². The number of aryl methyl sites for hydroxylation is 2. The van der Waals surface area contributed by atoms with Gasteiger partial charge < -0.3 is 25.0 Å². The summed E-state index contributed by atoms with van der Waals surface area (Å²) >= 11 is 0. The molecular formula is C32H35FN6O3. The lowest BCUT2D eigenvalue weighted by Gasteiger charge is -2.37. The number of aliphatic hydroxyl groups is 1. The topological polar surface area (TPSA) is 119 Å². The van der Waals surface area contributed by atoms with Crippen LogP contribution in [0, 0.1) is 12.7 Å². The summed E-state index contributed by atoms with van der Waals surface area (Å²) in [6.07, 6.45) is 4.79. The van der Waals surface area contributed by atoms with E-state index in [9.17, 15) is 14.3 Å². The first kappa shape index (κ1) is 29.1. The maximum Gasteiger partial charge on any atom is 0.253 e. The van der Waals surface area contributed by atoms with E-state index in [4.69, 9.17) is 20.4 Å². The molecule has 0 aliphatic carbocycles. The van der Waals surface area contributed by atoms with Gasteiger partial charge in [0.25, 0.3) is 5.56 Å². The van der Waals surface area contributed by atoms with Gasteiger partial charge in [0.05, 0.1) is 42.5 Å². The number of aromatic nitrogens is 3. The molecule has 218 valence electrons. The second-order valence-electron chi connectivity index (χ2n) is 11.2. The first-order valence-corrected chi connectivity index (χ1v) is 13.8. The molecule has 1 aliphatic rings. The predicted octanol–water partition coefficient (Wildman–Crippen LogP) is 4.16. The predicted molar refractivity (Wildman–Crippen MR) is 164 cm³/mol. The Morgan fingerprint density at radius 3 is 2.64 bits per heavy atom. The van der Waals surface area contributed by atoms with Crippen molar-refractivity contribution in [1.29, 1.82) is 0 Å². The number of fused-ring (bicyclic) bond motifs is 1. The van der Waals surface area contributed by atoms with Crippen LogP contribution in [-0.4, -0.2) is 57.8 Å². The largest absolute Gasteiger partial charge is 0.404 e. The molecule has 0 radical (unpaired) electrons. The van der Waals surface area contributed by atoms with Gasteiger partial charge in [0, 0.05) is 43.2 Å². The summed E-state index contributed by atoms with van der Waals surface area (Å²) < 4.78 is 21.2. The highest BCUT2D eigenvalue weighted by molar-refractivity contribution is 6.09. The molecule has 0 amide bonds. The highest BCUT2D eigenvalue weighted by Crippen LogP contribution is 2.36. The molecular weight excluding hydrogens is 535 g/mol. The van der Waals surface area contributed by atoms with E-state index in [1.165, 1.54) is 18.3 Å². The normalized spacial score (nSPS) is 16.5. The van der Waals surface area contributed by atoms with Gasteiger partial charge in [-0.3, -0.25) is 9.79 Å². The van der Waals surface area contributed by atoms with Gasteiger partial charge in [-0.2, -0.15) is 0 Å². The molecule has 1 fully saturated rings. The Bertz CT molecular complexity index is 1700. The van der Waals surface area contributed by atoms with Crippen LogP contribution >= 0.6 is 0 Å². The van der Waals surface area contributed by atoms with Crippen LogP contribution < -0.4 is 16.2 Å². The number of aliphatic imine (C=N–C) groups is 1. The van der Waals surface area contributed by atoms with Crippen molar-refractivity contribution in [3.05, 3.63) is 94.1 Å². The number of rotatable bonds is 7.